The Morgan fingerprint density at radius 3 is 2.87 bits per heavy atom. The lowest BCUT2D eigenvalue weighted by Crippen LogP contribution is -2.54. The molecular weight excluding hydrogens is 394 g/mol. The van der Waals surface area contributed by atoms with Crippen LogP contribution in [-0.4, -0.2) is 54.2 Å². The lowest BCUT2D eigenvalue weighted by Gasteiger charge is -2.36. The Kier molecular flexibility index (Phi) is 5.23. The van der Waals surface area contributed by atoms with Crippen LogP contribution in [0.25, 0.3) is 0 Å². The van der Waals surface area contributed by atoms with E-state index in [1.807, 2.05) is 6.92 Å². The number of hydrogen-bond acceptors (Lipinski definition) is 7. The summed E-state index contributed by atoms with van der Waals surface area (Å²) in [6.07, 6.45) is 3.24. The number of benzene rings is 1. The van der Waals surface area contributed by atoms with Gasteiger partial charge in [-0.3, -0.25) is 19.3 Å². The minimum absolute atomic E-state index is 0.00352. The smallest absolute Gasteiger partial charge is 0.326 e. The Morgan fingerprint density at radius 2 is 2.07 bits per heavy atom. The van der Waals surface area contributed by atoms with Crippen molar-refractivity contribution < 1.29 is 33.4 Å². The van der Waals surface area contributed by atoms with Gasteiger partial charge in [0.15, 0.2) is 18.1 Å². The van der Waals surface area contributed by atoms with Crippen LogP contribution >= 0.6 is 0 Å². The molecule has 10 heteroatoms. The summed E-state index contributed by atoms with van der Waals surface area (Å²) in [7, 11) is 0. The second kappa shape index (κ2) is 7.85. The van der Waals surface area contributed by atoms with Gasteiger partial charge in [-0.15, -0.1) is 0 Å². The van der Waals surface area contributed by atoms with E-state index in [2.05, 4.69) is 10.6 Å². The lowest BCUT2D eigenvalue weighted by molar-refractivity contribution is -0.150. The summed E-state index contributed by atoms with van der Waals surface area (Å²) in [6.45, 7) is 0.974. The van der Waals surface area contributed by atoms with Crippen LogP contribution in [-0.2, 0) is 19.1 Å². The number of urea groups is 1. The predicted molar refractivity (Wildman–Crippen MR) is 103 cm³/mol. The molecule has 1 spiro atoms. The first-order valence-corrected chi connectivity index (χ1v) is 9.88. The molecule has 1 aliphatic carbocycles. The molecule has 2 fully saturated rings. The highest BCUT2D eigenvalue weighted by Crippen LogP contribution is 2.38. The largest absolute Gasteiger partial charge is 0.454 e. The quantitative estimate of drug-likeness (QED) is 0.548. The van der Waals surface area contributed by atoms with Crippen molar-refractivity contribution in [3.63, 3.8) is 0 Å². The molecule has 10 nitrogen and oxygen atoms in total. The zero-order valence-corrected chi connectivity index (χ0v) is 16.6. The number of carbonyl (C=O) groups excluding carboxylic acids is 4. The summed E-state index contributed by atoms with van der Waals surface area (Å²) in [5.41, 5.74) is -0.477. The molecule has 0 radical (unpaired) electrons. The highest BCUT2D eigenvalue weighted by molar-refractivity contribution is 6.09. The average Bonchev–Trinajstić information content (AvgIpc) is 3.27. The van der Waals surface area contributed by atoms with Crippen LogP contribution in [0.15, 0.2) is 18.2 Å². The number of esters is 1. The van der Waals surface area contributed by atoms with Gasteiger partial charge in [0.25, 0.3) is 11.8 Å². The summed E-state index contributed by atoms with van der Waals surface area (Å²) in [5.74, 6) is -0.707. The number of imide groups is 1. The molecule has 4 rings (SSSR count). The van der Waals surface area contributed by atoms with Crippen LogP contribution in [0.3, 0.4) is 0 Å². The highest BCUT2D eigenvalue weighted by atomic mass is 16.7. The summed E-state index contributed by atoms with van der Waals surface area (Å²) < 4.78 is 15.4. The Balaban J connectivity index is 1.29. The number of carbonyl (C=O) groups is 4. The molecule has 1 aromatic carbocycles. The van der Waals surface area contributed by atoms with Gasteiger partial charge in [-0.2, -0.15) is 0 Å². The first-order valence-electron chi connectivity index (χ1n) is 9.88. The van der Waals surface area contributed by atoms with Gasteiger partial charge in [0.1, 0.15) is 12.1 Å². The van der Waals surface area contributed by atoms with Gasteiger partial charge in [-0.1, -0.05) is 19.8 Å². The number of anilines is 1. The minimum atomic E-state index is -0.938. The molecule has 2 unspecified atom stereocenters. The fraction of sp³-hybridized carbons (Fsp3) is 0.500. The van der Waals surface area contributed by atoms with Crippen molar-refractivity contribution in [1.29, 1.82) is 0 Å². The SMILES string of the molecule is CC1CCCCC12NC(=O)N(CC(=O)OCC(=O)Nc1ccc3c(c1)OCO3)C2=O. The van der Waals surface area contributed by atoms with Gasteiger partial charge in [-0.25, -0.2) is 4.79 Å². The number of fused-ring (bicyclic) bond motifs is 1. The first-order chi connectivity index (χ1) is 14.4. The molecule has 2 N–H and O–H groups in total. The van der Waals surface area contributed by atoms with Gasteiger partial charge in [0.05, 0.1) is 0 Å². The number of rotatable bonds is 5. The number of nitrogens with one attached hydrogen (secondary N) is 2. The van der Waals surface area contributed by atoms with E-state index in [-0.39, 0.29) is 12.7 Å². The molecule has 2 atom stereocenters. The van der Waals surface area contributed by atoms with E-state index >= 15 is 0 Å². The normalized spacial score (nSPS) is 24.7. The van der Waals surface area contributed by atoms with Gasteiger partial charge >= 0.3 is 12.0 Å². The summed E-state index contributed by atoms with van der Waals surface area (Å²) in [5, 5.41) is 5.35. The van der Waals surface area contributed by atoms with Crippen LogP contribution < -0.4 is 20.1 Å². The summed E-state index contributed by atoms with van der Waals surface area (Å²) in [4.78, 5) is 50.2. The molecular formula is C20H23N3O7. The third-order valence-electron chi connectivity index (χ3n) is 5.81. The Morgan fingerprint density at radius 1 is 1.27 bits per heavy atom. The number of nitrogens with zero attached hydrogens (tertiary/aromatic N) is 1. The molecule has 1 saturated carbocycles. The van der Waals surface area contributed by atoms with E-state index in [0.29, 0.717) is 23.6 Å². The molecule has 30 heavy (non-hydrogen) atoms. The predicted octanol–water partition coefficient (Wildman–Crippen LogP) is 1.40. The Labute approximate surface area is 172 Å². The van der Waals surface area contributed by atoms with Gasteiger partial charge in [0, 0.05) is 11.8 Å². The van der Waals surface area contributed by atoms with E-state index < -0.39 is 42.5 Å². The molecule has 0 bridgehead atoms. The van der Waals surface area contributed by atoms with E-state index in [9.17, 15) is 19.2 Å². The van der Waals surface area contributed by atoms with Crippen molar-refractivity contribution in [2.75, 3.05) is 25.3 Å². The minimum Gasteiger partial charge on any atom is -0.454 e. The van der Waals surface area contributed by atoms with Crippen molar-refractivity contribution >= 4 is 29.5 Å². The molecule has 4 amide bonds. The standard InChI is InChI=1S/C20H23N3O7/c1-12-4-2-3-7-20(12)18(26)23(19(27)22-20)9-17(25)28-10-16(24)21-13-5-6-14-15(8-13)30-11-29-14/h5-6,8,12H,2-4,7,9-11H2,1H3,(H,21,24)(H,22,27). The second-order valence-corrected chi connectivity index (χ2v) is 7.72. The van der Waals surface area contributed by atoms with Gasteiger partial charge in [-0.05, 0) is 30.9 Å². The maximum absolute atomic E-state index is 12.8. The maximum Gasteiger partial charge on any atom is 0.326 e. The maximum atomic E-state index is 12.8. The van der Waals surface area contributed by atoms with Crippen molar-refractivity contribution in [2.45, 2.75) is 38.1 Å². The van der Waals surface area contributed by atoms with Crippen LogP contribution in [0.4, 0.5) is 10.5 Å². The summed E-state index contributed by atoms with van der Waals surface area (Å²) >= 11 is 0. The van der Waals surface area contributed by atoms with E-state index in [1.165, 1.54) is 0 Å². The molecule has 0 aromatic heterocycles. The average molecular weight is 417 g/mol. The topological polar surface area (TPSA) is 123 Å². The fourth-order valence-electron chi connectivity index (χ4n) is 4.13. The highest BCUT2D eigenvalue weighted by Gasteiger charge is 2.55. The fourth-order valence-corrected chi connectivity index (χ4v) is 4.13. The lowest BCUT2D eigenvalue weighted by atomic mass is 9.73. The molecule has 3 aliphatic rings. The summed E-state index contributed by atoms with van der Waals surface area (Å²) in [6, 6.07) is 4.28. The zero-order chi connectivity index (χ0) is 21.3. The van der Waals surface area contributed by atoms with Crippen molar-refractivity contribution in [3.05, 3.63) is 18.2 Å². The zero-order valence-electron chi connectivity index (χ0n) is 16.6. The molecule has 160 valence electrons. The van der Waals surface area contributed by atoms with E-state index in [1.54, 1.807) is 18.2 Å². The Hall–Kier alpha value is -3.30. The molecule has 1 aromatic rings. The van der Waals surface area contributed by atoms with Crippen molar-refractivity contribution in [2.24, 2.45) is 5.92 Å². The monoisotopic (exact) mass is 417 g/mol. The number of ether oxygens (including phenoxy) is 3. The van der Waals surface area contributed by atoms with E-state index in [4.69, 9.17) is 14.2 Å². The van der Waals surface area contributed by atoms with Crippen LogP contribution in [0, 0.1) is 5.92 Å². The molecule has 2 heterocycles. The Bertz CT molecular complexity index is 902. The third-order valence-corrected chi connectivity index (χ3v) is 5.81. The second-order valence-electron chi connectivity index (χ2n) is 7.72. The molecule has 1 saturated heterocycles. The molecule has 2 aliphatic heterocycles. The van der Waals surface area contributed by atoms with Crippen LogP contribution in [0.5, 0.6) is 11.5 Å². The number of hydrogen-bond donors (Lipinski definition) is 2. The number of amides is 4. The van der Waals surface area contributed by atoms with E-state index in [0.717, 1.165) is 24.2 Å². The first kappa shape index (κ1) is 20.0. The van der Waals surface area contributed by atoms with Crippen molar-refractivity contribution in [1.82, 2.24) is 10.2 Å². The van der Waals surface area contributed by atoms with Gasteiger partial charge < -0.3 is 24.8 Å². The van der Waals surface area contributed by atoms with Crippen LogP contribution in [0.2, 0.25) is 0 Å². The van der Waals surface area contributed by atoms with Gasteiger partial charge in [0.2, 0.25) is 6.79 Å². The third kappa shape index (κ3) is 3.64. The van der Waals surface area contributed by atoms with Crippen molar-refractivity contribution in [3.8, 4) is 11.5 Å². The van der Waals surface area contributed by atoms with Crippen LogP contribution in [0.1, 0.15) is 32.6 Å².